The number of aromatic nitrogens is 6. The van der Waals surface area contributed by atoms with Crippen LogP contribution < -0.4 is 20.4 Å². The van der Waals surface area contributed by atoms with Crippen LogP contribution in [0.2, 0.25) is 0 Å². The molecule has 9 rings (SSSR count). The number of nitrogens with one attached hydrogen (secondary N) is 1. The molecule has 1 aromatic carbocycles. The number of nitrogens with zero attached hydrogens (tertiary/aromatic N) is 8. The summed E-state index contributed by atoms with van der Waals surface area (Å²) in [4.78, 5) is 53.9. The number of carbonyl (C=O) groups excluding carboxylic acids is 2. The van der Waals surface area contributed by atoms with Crippen molar-refractivity contribution in [1.82, 2.24) is 39.7 Å². The van der Waals surface area contributed by atoms with E-state index in [1.807, 2.05) is 16.4 Å². The molecular weight excluding hydrogens is 687 g/mol. The lowest BCUT2D eigenvalue weighted by atomic mass is 9.34. The molecule has 18 heteroatoms. The molecule has 15 nitrogen and oxygen atoms in total. The standard InChI is InChI=1S/C34H34F3N9O6/c1-3-21-26(43-10-12-44(13-11-43)30(49)24-22(47)5-4-20-28(24)52-18-40-20)27(48)25-29(42-46(41-25)19-6-7-38-23(14-19)51-2)45(21)9-8-39-31(50)32-15-33(16-32,17-32)34(35,36)37/h4-7,14,18,47H,3,8-13,15-17H2,1-2H3,(H,39,50). The summed E-state index contributed by atoms with van der Waals surface area (Å²) in [7, 11) is 1.47. The van der Waals surface area contributed by atoms with Gasteiger partial charge in [-0.15, -0.1) is 15.0 Å². The highest BCUT2D eigenvalue weighted by atomic mass is 19.4. The molecule has 4 fully saturated rings. The number of piperazine rings is 1. The van der Waals surface area contributed by atoms with Crippen molar-refractivity contribution in [2.75, 3.05) is 44.7 Å². The van der Waals surface area contributed by atoms with Crippen molar-refractivity contribution < 1.29 is 37.0 Å². The smallest absolute Gasteiger partial charge is 0.394 e. The number of hydrogen-bond acceptors (Lipinski definition) is 11. The molecule has 3 aliphatic carbocycles. The Morgan fingerprint density at radius 2 is 1.83 bits per heavy atom. The van der Waals surface area contributed by atoms with Crippen molar-refractivity contribution in [3.63, 3.8) is 0 Å². The first kappa shape index (κ1) is 33.5. The Bertz CT molecular complexity index is 2290. The summed E-state index contributed by atoms with van der Waals surface area (Å²) in [6.45, 7) is 3.14. The van der Waals surface area contributed by atoms with E-state index >= 15 is 0 Å². The lowest BCUT2D eigenvalue weighted by Gasteiger charge is -2.69. The number of oxazole rings is 1. The van der Waals surface area contributed by atoms with Gasteiger partial charge in [-0.25, -0.2) is 9.97 Å². The summed E-state index contributed by atoms with van der Waals surface area (Å²) in [6, 6.07) is 6.22. The molecular formula is C34H34F3N9O6. The predicted octanol–water partition coefficient (Wildman–Crippen LogP) is 3.21. The number of hydrogen-bond donors (Lipinski definition) is 2. The van der Waals surface area contributed by atoms with Crippen LogP contribution in [0.1, 0.15) is 42.2 Å². The fourth-order valence-corrected chi connectivity index (χ4v) is 8.02. The van der Waals surface area contributed by atoms with Crippen LogP contribution in [0.4, 0.5) is 18.9 Å². The predicted molar refractivity (Wildman–Crippen MR) is 178 cm³/mol. The fourth-order valence-electron chi connectivity index (χ4n) is 8.02. The summed E-state index contributed by atoms with van der Waals surface area (Å²) in [5.41, 5.74) is -0.653. The molecule has 2 bridgehead atoms. The van der Waals surface area contributed by atoms with Crippen LogP contribution in [-0.4, -0.2) is 97.4 Å². The maximum Gasteiger partial charge on any atom is 0.394 e. The number of benzene rings is 1. The van der Waals surface area contributed by atoms with E-state index in [0.717, 1.165) is 0 Å². The summed E-state index contributed by atoms with van der Waals surface area (Å²) < 4.78 is 52.7. The first-order chi connectivity index (χ1) is 24.9. The maximum absolute atomic E-state index is 14.3. The van der Waals surface area contributed by atoms with E-state index in [2.05, 4.69) is 25.5 Å². The average molecular weight is 722 g/mol. The van der Waals surface area contributed by atoms with Crippen LogP contribution in [0, 0.1) is 10.8 Å². The first-order valence-corrected chi connectivity index (χ1v) is 16.9. The normalized spacial score (nSPS) is 21.2. The van der Waals surface area contributed by atoms with E-state index in [1.54, 1.807) is 23.1 Å². The van der Waals surface area contributed by atoms with Gasteiger partial charge in [0.2, 0.25) is 17.2 Å². The van der Waals surface area contributed by atoms with E-state index in [0.29, 0.717) is 34.9 Å². The number of fused-ring (bicyclic) bond motifs is 2. The van der Waals surface area contributed by atoms with Gasteiger partial charge in [0.25, 0.3) is 5.91 Å². The van der Waals surface area contributed by atoms with Gasteiger partial charge in [-0.2, -0.15) is 13.2 Å². The van der Waals surface area contributed by atoms with Gasteiger partial charge in [-0.05, 0) is 43.9 Å². The Morgan fingerprint density at radius 1 is 1.08 bits per heavy atom. The number of aromatic hydroxyl groups is 1. The molecule has 5 aromatic rings. The van der Waals surface area contributed by atoms with Crippen molar-refractivity contribution in [3.05, 3.63) is 58.3 Å². The Balaban J connectivity index is 1.09. The zero-order valence-corrected chi connectivity index (χ0v) is 28.2. The number of carbonyl (C=O) groups is 2. The molecule has 1 aliphatic heterocycles. The SMILES string of the molecule is CCc1c(N2CCN(C(=O)c3c(O)ccc4ncoc34)CC2)c(=O)c2nn(-c3ccnc(OC)c3)nc2n1CCNC(=O)C12CC(C(F)(F)F)(C1)C2. The number of rotatable bonds is 9. The van der Waals surface area contributed by atoms with Gasteiger partial charge in [-0.3, -0.25) is 14.4 Å². The second-order valence-electron chi connectivity index (χ2n) is 13.6. The topological polar surface area (TPSA) is 174 Å². The van der Waals surface area contributed by atoms with E-state index < -0.39 is 28.8 Å². The molecule has 4 aromatic heterocycles. The molecule has 2 N–H and O–H groups in total. The van der Waals surface area contributed by atoms with Gasteiger partial charge in [0.05, 0.1) is 23.6 Å². The van der Waals surface area contributed by atoms with Crippen LogP contribution >= 0.6 is 0 Å². The number of ether oxygens (including phenoxy) is 1. The van der Waals surface area contributed by atoms with Gasteiger partial charge in [0.1, 0.15) is 22.5 Å². The Hall–Kier alpha value is -5.68. The van der Waals surface area contributed by atoms with E-state index in [-0.39, 0.29) is 92.0 Å². The van der Waals surface area contributed by atoms with Gasteiger partial charge in [0, 0.05) is 57.2 Å². The third-order valence-corrected chi connectivity index (χ3v) is 10.7. The Labute approximate surface area is 293 Å². The van der Waals surface area contributed by atoms with Gasteiger partial charge in [-0.1, -0.05) is 6.92 Å². The summed E-state index contributed by atoms with van der Waals surface area (Å²) in [5, 5.41) is 22.6. The number of phenols is 1. The zero-order valence-electron chi connectivity index (χ0n) is 28.2. The number of anilines is 1. The fraction of sp³-hybridized carbons (Fsp3) is 0.441. The van der Waals surface area contributed by atoms with E-state index in [9.17, 15) is 32.7 Å². The molecule has 52 heavy (non-hydrogen) atoms. The molecule has 0 unspecified atom stereocenters. The van der Waals surface area contributed by atoms with Crippen LogP contribution in [0.25, 0.3) is 28.0 Å². The summed E-state index contributed by atoms with van der Waals surface area (Å²) in [6.07, 6.45) is -1.81. The van der Waals surface area contributed by atoms with Crippen LogP contribution in [0.5, 0.6) is 11.6 Å². The number of methoxy groups -OCH3 is 1. The van der Waals surface area contributed by atoms with Crippen molar-refractivity contribution in [3.8, 4) is 17.3 Å². The third-order valence-electron chi connectivity index (χ3n) is 10.7. The number of pyridine rings is 2. The Morgan fingerprint density at radius 3 is 2.52 bits per heavy atom. The Kier molecular flexibility index (Phi) is 7.69. The van der Waals surface area contributed by atoms with Gasteiger partial charge < -0.3 is 33.9 Å². The molecule has 4 aliphatic rings. The van der Waals surface area contributed by atoms with Crippen LogP contribution in [0.15, 0.2) is 46.1 Å². The lowest BCUT2D eigenvalue weighted by Crippen LogP contribution is -2.72. The molecule has 0 spiro atoms. The second kappa shape index (κ2) is 11.9. The highest BCUT2D eigenvalue weighted by Crippen LogP contribution is 2.78. The highest BCUT2D eigenvalue weighted by molar-refractivity contribution is 6.06. The molecule has 1 saturated heterocycles. The van der Waals surface area contributed by atoms with Crippen LogP contribution in [-0.2, 0) is 17.8 Å². The van der Waals surface area contributed by atoms with Gasteiger partial charge in [0.15, 0.2) is 23.1 Å². The average Bonchev–Trinajstić information content (AvgIpc) is 3.75. The van der Waals surface area contributed by atoms with Crippen molar-refractivity contribution in [2.24, 2.45) is 10.8 Å². The van der Waals surface area contributed by atoms with E-state index in [1.165, 1.54) is 30.6 Å². The summed E-state index contributed by atoms with van der Waals surface area (Å²) in [5.74, 6) is -0.754. The minimum absolute atomic E-state index is 0.0142. The van der Waals surface area contributed by atoms with Crippen molar-refractivity contribution >= 4 is 39.8 Å². The minimum Gasteiger partial charge on any atom is -0.507 e. The molecule has 2 amide bonds. The molecule has 272 valence electrons. The maximum atomic E-state index is 14.3. The molecule has 5 heterocycles. The van der Waals surface area contributed by atoms with Gasteiger partial charge >= 0.3 is 6.18 Å². The van der Waals surface area contributed by atoms with Crippen molar-refractivity contribution in [1.29, 1.82) is 0 Å². The molecule has 0 atom stereocenters. The number of amides is 2. The number of alkyl halides is 3. The van der Waals surface area contributed by atoms with E-state index in [4.69, 9.17) is 9.15 Å². The molecule has 3 saturated carbocycles. The summed E-state index contributed by atoms with van der Waals surface area (Å²) >= 11 is 0. The largest absolute Gasteiger partial charge is 0.507 e. The number of phenolic OH excluding ortho intramolecular Hbond substituents is 1. The number of halogens is 3. The highest BCUT2D eigenvalue weighted by Gasteiger charge is 2.80. The lowest BCUT2D eigenvalue weighted by molar-refractivity contribution is -0.351. The molecule has 0 radical (unpaired) electrons. The minimum atomic E-state index is -4.32. The monoisotopic (exact) mass is 721 g/mol. The first-order valence-electron chi connectivity index (χ1n) is 16.9. The van der Waals surface area contributed by atoms with Crippen LogP contribution in [0.3, 0.4) is 0 Å². The quantitative estimate of drug-likeness (QED) is 0.229. The second-order valence-corrected chi connectivity index (χ2v) is 13.6. The third kappa shape index (κ3) is 5.05. The van der Waals surface area contributed by atoms with Crippen molar-refractivity contribution in [2.45, 2.75) is 45.3 Å². The zero-order chi connectivity index (χ0) is 36.6.